The summed E-state index contributed by atoms with van der Waals surface area (Å²) in [4.78, 5) is 55.6. The fourth-order valence-corrected chi connectivity index (χ4v) is 8.58. The van der Waals surface area contributed by atoms with E-state index in [4.69, 9.17) is 14.2 Å². The minimum absolute atomic E-state index is 0.0233. The van der Waals surface area contributed by atoms with Gasteiger partial charge in [0.2, 0.25) is 17.7 Å². The quantitative estimate of drug-likeness (QED) is 0.196. The van der Waals surface area contributed by atoms with Crippen LogP contribution in [0.4, 0.5) is 11.5 Å². The molecule has 2 amide bonds. The van der Waals surface area contributed by atoms with Crippen molar-refractivity contribution in [3.63, 3.8) is 0 Å². The van der Waals surface area contributed by atoms with Gasteiger partial charge in [0.05, 0.1) is 59.0 Å². The van der Waals surface area contributed by atoms with Crippen LogP contribution in [-0.2, 0) is 26.1 Å². The minimum Gasteiger partial charge on any atom is -0.475 e. The fourth-order valence-electron chi connectivity index (χ4n) is 8.58. The van der Waals surface area contributed by atoms with Gasteiger partial charge in [-0.25, -0.2) is 19.7 Å². The molecule has 56 heavy (non-hydrogen) atoms. The minimum atomic E-state index is -0.689. The molecule has 7 heterocycles. The number of imide groups is 1. The number of aromatic amines is 1. The van der Waals surface area contributed by atoms with E-state index in [9.17, 15) is 14.4 Å². The third kappa shape index (κ3) is 7.11. The maximum atomic E-state index is 13.2. The number of pyridine rings is 1. The van der Waals surface area contributed by atoms with Crippen molar-refractivity contribution in [1.82, 2.24) is 39.6 Å². The van der Waals surface area contributed by atoms with E-state index in [0.717, 1.165) is 104 Å². The van der Waals surface area contributed by atoms with Crippen molar-refractivity contribution in [2.75, 3.05) is 36.0 Å². The average molecular weight is 765 g/mol. The van der Waals surface area contributed by atoms with E-state index in [1.165, 1.54) is 4.57 Å². The second-order valence-electron chi connectivity index (χ2n) is 15.8. The zero-order chi connectivity index (χ0) is 38.5. The van der Waals surface area contributed by atoms with E-state index in [1.54, 1.807) is 24.1 Å². The Balaban J connectivity index is 0.729. The number of carbonyl (C=O) groups is 2. The van der Waals surface area contributed by atoms with Gasteiger partial charge in [0.15, 0.2) is 0 Å². The van der Waals surface area contributed by atoms with Crippen LogP contribution in [0.5, 0.6) is 5.88 Å². The monoisotopic (exact) mass is 764 g/mol. The van der Waals surface area contributed by atoms with Crippen molar-refractivity contribution in [2.45, 2.75) is 102 Å². The highest BCUT2D eigenvalue weighted by Gasteiger charge is 2.36. The Morgan fingerprint density at radius 2 is 1.52 bits per heavy atom. The molecule has 3 saturated heterocycles. The first-order valence-electron chi connectivity index (χ1n) is 19.9. The van der Waals surface area contributed by atoms with Gasteiger partial charge in [0.25, 0.3) is 0 Å². The molecule has 294 valence electrons. The van der Waals surface area contributed by atoms with Gasteiger partial charge in [0, 0.05) is 62.9 Å². The molecule has 0 radical (unpaired) electrons. The molecule has 9 rings (SSSR count). The van der Waals surface area contributed by atoms with E-state index < -0.39 is 11.9 Å². The number of nitrogens with zero attached hydrogens (tertiary/aromatic N) is 8. The number of anilines is 2. The van der Waals surface area contributed by atoms with Gasteiger partial charge in [-0.2, -0.15) is 5.10 Å². The second kappa shape index (κ2) is 15.0. The van der Waals surface area contributed by atoms with Crippen LogP contribution in [0.25, 0.3) is 33.3 Å². The summed E-state index contributed by atoms with van der Waals surface area (Å²) in [6, 6.07) is 9.19. The standard InChI is InChI=1S/C40H48N10O6/c1-23(2)54-37-19-29-31(21-41-37)45-46-38(29)30-20-35(43-22-42-30)49-14-10-26(11-15-49)56-28-17-27(18-28)55-25-8-12-48(13-9-25)24-4-5-32-34(16-24)47(3)40(53)50(32)33-6-7-36(51)44-39(33)52/h4-5,16,19-23,25-28,33H,6-15,17-18H2,1-3H3,(H,45,46)(H,44,51,52). The molecule has 1 aromatic carbocycles. The summed E-state index contributed by atoms with van der Waals surface area (Å²) in [6.07, 6.45) is 10.4. The molecule has 1 atom stereocenters. The van der Waals surface area contributed by atoms with Crippen LogP contribution in [0.3, 0.4) is 0 Å². The van der Waals surface area contributed by atoms with Gasteiger partial charge in [-0.15, -0.1) is 0 Å². The Morgan fingerprint density at radius 3 is 2.21 bits per heavy atom. The Hall–Kier alpha value is -5.35. The highest BCUT2D eigenvalue weighted by atomic mass is 16.5. The van der Waals surface area contributed by atoms with Gasteiger partial charge >= 0.3 is 5.69 Å². The third-order valence-electron chi connectivity index (χ3n) is 11.7. The third-order valence-corrected chi connectivity index (χ3v) is 11.7. The number of piperidine rings is 3. The highest BCUT2D eigenvalue weighted by Crippen LogP contribution is 2.35. The first-order chi connectivity index (χ1) is 27.2. The van der Waals surface area contributed by atoms with Crippen molar-refractivity contribution < 1.29 is 23.8 Å². The van der Waals surface area contributed by atoms with Crippen LogP contribution in [0.2, 0.25) is 0 Å². The van der Waals surface area contributed by atoms with Crippen LogP contribution >= 0.6 is 0 Å². The number of H-pyrrole nitrogens is 1. The van der Waals surface area contributed by atoms with E-state index in [0.29, 0.717) is 17.8 Å². The molecule has 0 bridgehead atoms. The number of aromatic nitrogens is 7. The number of hydrogen-bond donors (Lipinski definition) is 2. The molecule has 1 unspecified atom stereocenters. The van der Waals surface area contributed by atoms with Crippen LogP contribution < -0.4 is 25.5 Å². The molecule has 4 aromatic heterocycles. The Kier molecular flexibility index (Phi) is 9.69. The summed E-state index contributed by atoms with van der Waals surface area (Å²) >= 11 is 0. The zero-order valence-electron chi connectivity index (χ0n) is 32.0. The fraction of sp³-hybridized carbons (Fsp3) is 0.525. The lowest BCUT2D eigenvalue weighted by Crippen LogP contribution is -2.46. The predicted molar refractivity (Wildman–Crippen MR) is 209 cm³/mol. The molecule has 4 aliphatic rings. The molecule has 2 N–H and O–H groups in total. The van der Waals surface area contributed by atoms with Gasteiger partial charge in [-0.1, -0.05) is 0 Å². The van der Waals surface area contributed by atoms with Gasteiger partial charge in [-0.05, 0) is 77.0 Å². The number of amides is 2. The zero-order valence-corrected chi connectivity index (χ0v) is 32.0. The number of carbonyl (C=O) groups excluding carboxylic acids is 2. The summed E-state index contributed by atoms with van der Waals surface area (Å²) in [5.74, 6) is 0.722. The number of nitrogens with one attached hydrogen (secondary N) is 2. The largest absolute Gasteiger partial charge is 0.475 e. The first kappa shape index (κ1) is 36.3. The van der Waals surface area contributed by atoms with Crippen LogP contribution in [0, 0.1) is 0 Å². The Morgan fingerprint density at radius 1 is 0.804 bits per heavy atom. The van der Waals surface area contributed by atoms with E-state index >= 15 is 0 Å². The number of imidazole rings is 1. The Labute approximate surface area is 323 Å². The van der Waals surface area contributed by atoms with Crippen LogP contribution in [0.1, 0.15) is 71.3 Å². The SMILES string of the molecule is CC(C)Oc1cc2c(-c3cc(N4CCC(OC5CC(OC6CCN(c7ccc8c(c7)n(C)c(=O)n8C7CCC(=O)NC7=O)CC6)C5)CC4)ncn3)n[nH]c2cn1. The van der Waals surface area contributed by atoms with Crippen molar-refractivity contribution in [2.24, 2.45) is 7.05 Å². The average Bonchev–Trinajstić information content (AvgIpc) is 3.71. The van der Waals surface area contributed by atoms with Gasteiger partial charge < -0.3 is 24.0 Å². The number of fused-ring (bicyclic) bond motifs is 2. The molecule has 4 fully saturated rings. The van der Waals surface area contributed by atoms with E-state index in [1.807, 2.05) is 44.2 Å². The summed E-state index contributed by atoms with van der Waals surface area (Å²) in [7, 11) is 1.73. The maximum Gasteiger partial charge on any atom is 0.329 e. The molecule has 3 aliphatic heterocycles. The Bertz CT molecular complexity index is 2310. The van der Waals surface area contributed by atoms with Crippen LogP contribution in [0.15, 0.2) is 47.7 Å². The lowest BCUT2D eigenvalue weighted by Gasteiger charge is -2.42. The van der Waals surface area contributed by atoms with Crippen molar-refractivity contribution >= 4 is 45.3 Å². The topological polar surface area (TPSA) is 175 Å². The molecule has 1 saturated carbocycles. The summed E-state index contributed by atoms with van der Waals surface area (Å²) in [5, 5.41) is 10.9. The predicted octanol–water partition coefficient (Wildman–Crippen LogP) is 4.04. The number of aryl methyl sites for hydroxylation is 1. The molecule has 5 aromatic rings. The normalized spacial score (nSPS) is 22.6. The summed E-state index contributed by atoms with van der Waals surface area (Å²) in [6.45, 7) is 7.40. The molecule has 16 heteroatoms. The summed E-state index contributed by atoms with van der Waals surface area (Å²) < 4.78 is 22.0. The molecular weight excluding hydrogens is 717 g/mol. The smallest absolute Gasteiger partial charge is 0.329 e. The van der Waals surface area contributed by atoms with Crippen molar-refractivity contribution in [1.29, 1.82) is 0 Å². The van der Waals surface area contributed by atoms with E-state index in [-0.39, 0.29) is 48.5 Å². The molecule has 0 spiro atoms. The van der Waals surface area contributed by atoms with E-state index in [2.05, 4.69) is 40.3 Å². The number of rotatable bonds is 10. The summed E-state index contributed by atoms with van der Waals surface area (Å²) in [5.41, 5.74) is 4.59. The number of hydrogen-bond acceptors (Lipinski definition) is 12. The molecular formula is C40H48N10O6. The van der Waals surface area contributed by atoms with Gasteiger partial charge in [0.1, 0.15) is 23.9 Å². The van der Waals surface area contributed by atoms with Gasteiger partial charge in [-0.3, -0.25) is 29.1 Å². The second-order valence-corrected chi connectivity index (χ2v) is 15.8. The highest BCUT2D eigenvalue weighted by molar-refractivity contribution is 6.00. The molecule has 1 aliphatic carbocycles. The lowest BCUT2D eigenvalue weighted by atomic mass is 9.90. The first-order valence-corrected chi connectivity index (χ1v) is 19.9. The lowest BCUT2D eigenvalue weighted by molar-refractivity contribution is -0.149. The van der Waals surface area contributed by atoms with Crippen molar-refractivity contribution in [3.05, 3.63) is 53.3 Å². The van der Waals surface area contributed by atoms with Crippen molar-refractivity contribution in [3.8, 4) is 17.3 Å². The molecule has 16 nitrogen and oxygen atoms in total. The maximum absolute atomic E-state index is 13.2. The number of ether oxygens (including phenoxy) is 3. The number of benzene rings is 1. The van der Waals surface area contributed by atoms with Crippen LogP contribution in [-0.4, -0.2) is 103 Å².